The Bertz CT molecular complexity index is 615. The number of methoxy groups -OCH3 is 3. The highest BCUT2D eigenvalue weighted by Gasteiger charge is 2.32. The molecular formula is C30H58N2O4. The fraction of sp³-hybridized carbons (Fsp3) is 0.767. The molecule has 0 radical (unpaired) electrons. The molecule has 36 heavy (non-hydrogen) atoms. The maximum atomic E-state index is 6.18. The van der Waals surface area contributed by atoms with Crippen LogP contribution in [0, 0.1) is 11.8 Å². The van der Waals surface area contributed by atoms with Gasteiger partial charge in [0.2, 0.25) is 0 Å². The number of piperidine rings is 1. The van der Waals surface area contributed by atoms with E-state index in [0.29, 0.717) is 24.9 Å². The Balaban J connectivity index is -0.000000784. The molecule has 3 rings (SSSR count). The molecule has 1 saturated carbocycles. The van der Waals surface area contributed by atoms with Crippen molar-refractivity contribution in [1.29, 1.82) is 0 Å². The maximum Gasteiger partial charge on any atom is 0.115 e. The quantitative estimate of drug-likeness (QED) is 0.398. The first-order valence-corrected chi connectivity index (χ1v) is 13.9. The SMILES string of the molecule is CC.CC.CC.CCC.COC.COCC#Cc1cc(N2CCC(OC3CC(OC)C3)CC2)ccn1. The number of aromatic nitrogens is 1. The summed E-state index contributed by atoms with van der Waals surface area (Å²) in [4.78, 5) is 6.69. The molecule has 6 heteroatoms. The summed E-state index contributed by atoms with van der Waals surface area (Å²) in [5.74, 6) is 5.98. The van der Waals surface area contributed by atoms with E-state index in [1.165, 1.54) is 12.1 Å². The van der Waals surface area contributed by atoms with Crippen LogP contribution in [0.4, 0.5) is 5.69 Å². The first-order valence-electron chi connectivity index (χ1n) is 13.9. The minimum Gasteiger partial charge on any atom is -0.388 e. The van der Waals surface area contributed by atoms with Gasteiger partial charge in [-0.3, -0.25) is 0 Å². The normalized spacial score (nSPS) is 17.6. The van der Waals surface area contributed by atoms with Gasteiger partial charge in [0.15, 0.2) is 0 Å². The Morgan fingerprint density at radius 3 is 1.89 bits per heavy atom. The fourth-order valence-corrected chi connectivity index (χ4v) is 3.23. The molecule has 1 aromatic rings. The molecule has 2 heterocycles. The lowest BCUT2D eigenvalue weighted by molar-refractivity contribution is -0.119. The van der Waals surface area contributed by atoms with Crippen LogP contribution in [0.15, 0.2) is 18.3 Å². The molecule has 1 saturated heterocycles. The van der Waals surface area contributed by atoms with Crippen molar-refractivity contribution in [2.75, 3.05) is 53.0 Å². The third-order valence-corrected chi connectivity index (χ3v) is 4.75. The van der Waals surface area contributed by atoms with Gasteiger partial charge in [-0.05, 0) is 43.7 Å². The van der Waals surface area contributed by atoms with Gasteiger partial charge >= 0.3 is 0 Å². The number of anilines is 1. The number of hydrogen-bond acceptors (Lipinski definition) is 6. The van der Waals surface area contributed by atoms with Crippen molar-refractivity contribution in [2.24, 2.45) is 0 Å². The van der Waals surface area contributed by atoms with E-state index in [9.17, 15) is 0 Å². The second-order valence-electron chi connectivity index (χ2n) is 7.52. The molecule has 0 N–H and O–H groups in total. The lowest BCUT2D eigenvalue weighted by atomic mass is 9.91. The van der Waals surface area contributed by atoms with E-state index in [1.807, 2.05) is 47.7 Å². The Kier molecular flexibility index (Phi) is 31.9. The van der Waals surface area contributed by atoms with Gasteiger partial charge in [0.25, 0.3) is 0 Å². The van der Waals surface area contributed by atoms with Gasteiger partial charge < -0.3 is 23.8 Å². The van der Waals surface area contributed by atoms with Gasteiger partial charge in [0.05, 0.1) is 18.3 Å². The highest BCUT2D eigenvalue weighted by atomic mass is 16.5. The molecule has 1 aliphatic heterocycles. The zero-order chi connectivity index (χ0) is 28.2. The first kappa shape index (κ1) is 38.9. The zero-order valence-electron chi connectivity index (χ0n) is 25.6. The smallest absolute Gasteiger partial charge is 0.115 e. The summed E-state index contributed by atoms with van der Waals surface area (Å²) in [5, 5.41) is 0. The molecule has 0 spiro atoms. The van der Waals surface area contributed by atoms with E-state index in [0.717, 1.165) is 44.5 Å². The van der Waals surface area contributed by atoms with Crippen molar-refractivity contribution >= 4 is 5.69 Å². The summed E-state index contributed by atoms with van der Waals surface area (Å²) >= 11 is 0. The zero-order valence-corrected chi connectivity index (χ0v) is 25.6. The van der Waals surface area contributed by atoms with Gasteiger partial charge in [-0.15, -0.1) is 0 Å². The van der Waals surface area contributed by atoms with E-state index >= 15 is 0 Å². The predicted molar refractivity (Wildman–Crippen MR) is 156 cm³/mol. The van der Waals surface area contributed by atoms with Crippen molar-refractivity contribution in [3.63, 3.8) is 0 Å². The van der Waals surface area contributed by atoms with Crippen LogP contribution in [0.3, 0.4) is 0 Å². The molecule has 0 unspecified atom stereocenters. The molecule has 0 amide bonds. The van der Waals surface area contributed by atoms with Crippen LogP contribution >= 0.6 is 0 Å². The first-order chi connectivity index (χ1) is 17.6. The van der Waals surface area contributed by atoms with E-state index in [2.05, 4.69) is 52.4 Å². The van der Waals surface area contributed by atoms with Crippen LogP contribution in [-0.4, -0.2) is 71.4 Å². The summed E-state index contributed by atoms with van der Waals surface area (Å²) in [5.41, 5.74) is 1.98. The summed E-state index contributed by atoms with van der Waals surface area (Å²) in [6.45, 7) is 18.7. The second kappa shape index (κ2) is 29.6. The number of rotatable bonds is 5. The van der Waals surface area contributed by atoms with Crippen molar-refractivity contribution in [3.8, 4) is 11.8 Å². The standard InChI is InChI=1S/C19H26N2O3.C3H8.C2H6O.3C2H6/c1-22-11-3-4-15-12-16(5-8-20-15)21-9-6-17(7-10-21)24-19-13-18(14-19)23-2;2*1-3-2;3*1-2/h5,8,12,17-19H,6-7,9-11,13-14H2,1-2H3;3H2,1-2H3;1-2H3;3*1-2H3. The molecule has 1 aliphatic carbocycles. The maximum absolute atomic E-state index is 6.18. The van der Waals surface area contributed by atoms with Crippen LogP contribution in [0.1, 0.15) is 93.2 Å². The molecule has 0 bridgehead atoms. The average Bonchev–Trinajstić information content (AvgIpc) is 2.91. The summed E-state index contributed by atoms with van der Waals surface area (Å²) in [6.07, 6.45) is 8.50. The largest absolute Gasteiger partial charge is 0.388 e. The highest BCUT2D eigenvalue weighted by molar-refractivity contribution is 5.50. The van der Waals surface area contributed by atoms with E-state index < -0.39 is 0 Å². The number of hydrogen-bond donors (Lipinski definition) is 0. The predicted octanol–water partition coefficient (Wildman–Crippen LogP) is 7.00. The van der Waals surface area contributed by atoms with Crippen LogP contribution in [0.25, 0.3) is 0 Å². The minimum atomic E-state index is 0.381. The average molecular weight is 511 g/mol. The Labute approximate surface area is 224 Å². The van der Waals surface area contributed by atoms with Gasteiger partial charge in [-0.1, -0.05) is 67.7 Å². The lowest BCUT2D eigenvalue weighted by Gasteiger charge is -2.40. The summed E-state index contributed by atoms with van der Waals surface area (Å²) < 4.78 is 20.7. The molecule has 0 aromatic carbocycles. The second-order valence-corrected chi connectivity index (χ2v) is 7.52. The van der Waals surface area contributed by atoms with Crippen LogP contribution in [0.5, 0.6) is 0 Å². The summed E-state index contributed by atoms with van der Waals surface area (Å²) in [6, 6.07) is 4.11. The van der Waals surface area contributed by atoms with Crippen LogP contribution < -0.4 is 4.90 Å². The van der Waals surface area contributed by atoms with Gasteiger partial charge in [0, 0.05) is 53.4 Å². The minimum absolute atomic E-state index is 0.381. The van der Waals surface area contributed by atoms with Gasteiger partial charge in [-0.25, -0.2) is 4.98 Å². The third kappa shape index (κ3) is 18.6. The topological polar surface area (TPSA) is 53.1 Å². The van der Waals surface area contributed by atoms with E-state index in [1.54, 1.807) is 28.4 Å². The number of ether oxygens (including phenoxy) is 4. The highest BCUT2D eigenvalue weighted by Crippen LogP contribution is 2.30. The molecule has 212 valence electrons. The molecule has 2 fully saturated rings. The van der Waals surface area contributed by atoms with E-state index in [-0.39, 0.29) is 0 Å². The van der Waals surface area contributed by atoms with Gasteiger partial charge in [-0.2, -0.15) is 0 Å². The van der Waals surface area contributed by atoms with Crippen LogP contribution in [0.2, 0.25) is 0 Å². The Morgan fingerprint density at radius 1 is 0.889 bits per heavy atom. The molecule has 6 nitrogen and oxygen atoms in total. The number of nitrogens with zero attached hydrogens (tertiary/aromatic N) is 2. The van der Waals surface area contributed by atoms with Crippen LogP contribution in [-0.2, 0) is 18.9 Å². The summed E-state index contributed by atoms with van der Waals surface area (Å²) in [7, 11) is 6.67. The van der Waals surface area contributed by atoms with E-state index in [4.69, 9.17) is 14.2 Å². The Hall–Kier alpha value is -1.65. The number of pyridine rings is 1. The van der Waals surface area contributed by atoms with Crippen molar-refractivity contribution in [3.05, 3.63) is 24.0 Å². The molecule has 2 aliphatic rings. The third-order valence-electron chi connectivity index (χ3n) is 4.75. The fourth-order valence-electron chi connectivity index (χ4n) is 3.23. The van der Waals surface area contributed by atoms with Crippen molar-refractivity contribution < 1.29 is 18.9 Å². The monoisotopic (exact) mass is 510 g/mol. The van der Waals surface area contributed by atoms with Crippen molar-refractivity contribution in [1.82, 2.24) is 4.98 Å². The van der Waals surface area contributed by atoms with Crippen molar-refractivity contribution in [2.45, 2.75) is 106 Å². The molecule has 1 aromatic heterocycles. The Morgan fingerprint density at radius 2 is 1.42 bits per heavy atom. The molecular weight excluding hydrogens is 452 g/mol. The lowest BCUT2D eigenvalue weighted by Crippen LogP contribution is -2.43. The van der Waals surface area contributed by atoms with Gasteiger partial charge in [0.1, 0.15) is 12.3 Å². The molecule has 0 atom stereocenters.